The topological polar surface area (TPSA) is 68.7 Å². The zero-order valence-electron chi connectivity index (χ0n) is 18.1. The third-order valence-electron chi connectivity index (χ3n) is 5.33. The maximum absolute atomic E-state index is 13.4. The second-order valence-corrected chi connectivity index (χ2v) is 8.17. The van der Waals surface area contributed by atoms with E-state index in [4.69, 9.17) is 25.8 Å². The molecule has 3 aromatic rings. The molecule has 170 valence electrons. The van der Waals surface area contributed by atoms with Gasteiger partial charge in [0, 0.05) is 43.5 Å². The second kappa shape index (κ2) is 10.3. The van der Waals surface area contributed by atoms with Gasteiger partial charge in [-0.15, -0.1) is 0 Å². The molecule has 0 spiro atoms. The first-order valence-electron chi connectivity index (χ1n) is 10.5. The summed E-state index contributed by atoms with van der Waals surface area (Å²) in [5.41, 5.74) is 1.29. The van der Waals surface area contributed by atoms with Gasteiger partial charge in [0.25, 0.3) is 0 Å². The molecule has 2 aromatic carbocycles. The summed E-state index contributed by atoms with van der Waals surface area (Å²) in [6, 6.07) is 8.11. The average molecular weight is 461 g/mol. The van der Waals surface area contributed by atoms with Crippen molar-refractivity contribution in [3.63, 3.8) is 0 Å². The fourth-order valence-corrected chi connectivity index (χ4v) is 3.70. The van der Waals surface area contributed by atoms with E-state index in [0.29, 0.717) is 41.9 Å². The lowest BCUT2D eigenvalue weighted by molar-refractivity contribution is 0.105. The minimum Gasteiger partial charge on any atom is -0.487 e. The predicted octanol–water partition coefficient (Wildman–Crippen LogP) is 4.66. The largest absolute Gasteiger partial charge is 0.487 e. The summed E-state index contributed by atoms with van der Waals surface area (Å²) in [4.78, 5) is 11.3. The number of halogens is 2. The second-order valence-electron chi connectivity index (χ2n) is 7.77. The van der Waals surface area contributed by atoms with Gasteiger partial charge < -0.3 is 24.4 Å². The highest BCUT2D eigenvalue weighted by molar-refractivity contribution is 6.31. The van der Waals surface area contributed by atoms with Gasteiger partial charge in [-0.3, -0.25) is 0 Å². The Labute approximate surface area is 191 Å². The smallest absolute Gasteiger partial charge is 0.227 e. The highest BCUT2D eigenvalue weighted by Crippen LogP contribution is 2.34. The van der Waals surface area contributed by atoms with Gasteiger partial charge in [0.2, 0.25) is 5.95 Å². The van der Waals surface area contributed by atoms with Crippen LogP contribution in [0.1, 0.15) is 12.8 Å². The van der Waals surface area contributed by atoms with Gasteiger partial charge in [-0.1, -0.05) is 11.6 Å². The quantitative estimate of drug-likeness (QED) is 0.490. The Kier molecular flexibility index (Phi) is 7.24. The van der Waals surface area contributed by atoms with Crippen molar-refractivity contribution in [2.24, 2.45) is 0 Å². The van der Waals surface area contributed by atoms with Crippen LogP contribution in [0.15, 0.2) is 36.5 Å². The summed E-state index contributed by atoms with van der Waals surface area (Å²) in [5.74, 6) is 1.18. The van der Waals surface area contributed by atoms with Crippen molar-refractivity contribution in [2.75, 3.05) is 45.8 Å². The standard InChI is InChI=1S/C23H26ClFN4O3/c1-29-7-5-17(6-8-29)32-22-11-15-14-26-23(27-16-3-4-19(25)18(24)12-16)28-20(15)13-21(22)31-10-9-30-2/h3-4,11-14,17H,5-10H2,1-2H3,(H,26,27,28). The van der Waals surface area contributed by atoms with E-state index in [1.54, 1.807) is 19.4 Å². The van der Waals surface area contributed by atoms with Crippen molar-refractivity contribution in [3.8, 4) is 11.5 Å². The van der Waals surface area contributed by atoms with Gasteiger partial charge in [-0.05, 0) is 44.2 Å². The number of aromatic nitrogens is 2. The monoisotopic (exact) mass is 460 g/mol. The minimum absolute atomic E-state index is 0.0281. The van der Waals surface area contributed by atoms with E-state index in [1.165, 1.54) is 12.1 Å². The third kappa shape index (κ3) is 5.56. The van der Waals surface area contributed by atoms with Gasteiger partial charge in [-0.2, -0.15) is 0 Å². The van der Waals surface area contributed by atoms with Crippen LogP contribution in [0.4, 0.5) is 16.0 Å². The molecule has 0 amide bonds. The van der Waals surface area contributed by atoms with E-state index >= 15 is 0 Å². The summed E-state index contributed by atoms with van der Waals surface area (Å²) in [5, 5.41) is 3.91. The fraction of sp³-hybridized carbons (Fsp3) is 0.391. The number of methoxy groups -OCH3 is 1. The Bertz CT molecular complexity index is 1080. The fourth-order valence-electron chi connectivity index (χ4n) is 3.52. The van der Waals surface area contributed by atoms with E-state index < -0.39 is 5.82 Å². The molecule has 0 saturated carbocycles. The highest BCUT2D eigenvalue weighted by Gasteiger charge is 2.20. The van der Waals surface area contributed by atoms with Crippen LogP contribution < -0.4 is 14.8 Å². The number of anilines is 2. The maximum atomic E-state index is 13.4. The van der Waals surface area contributed by atoms with Crippen LogP contribution in [0.2, 0.25) is 5.02 Å². The first-order chi connectivity index (χ1) is 15.5. The van der Waals surface area contributed by atoms with Crippen LogP contribution in [0.3, 0.4) is 0 Å². The molecular formula is C23H26ClFN4O3. The average Bonchev–Trinajstić information content (AvgIpc) is 2.78. The molecule has 0 radical (unpaired) electrons. The van der Waals surface area contributed by atoms with Crippen LogP contribution in [0.5, 0.6) is 11.5 Å². The molecule has 0 atom stereocenters. The Balaban J connectivity index is 1.59. The molecule has 2 heterocycles. The Morgan fingerprint density at radius 3 is 2.72 bits per heavy atom. The van der Waals surface area contributed by atoms with Crippen LogP contribution in [0.25, 0.3) is 10.9 Å². The molecule has 4 rings (SSSR count). The molecule has 32 heavy (non-hydrogen) atoms. The molecular weight excluding hydrogens is 435 g/mol. The van der Waals surface area contributed by atoms with E-state index in [1.807, 2.05) is 12.1 Å². The van der Waals surface area contributed by atoms with Gasteiger partial charge >= 0.3 is 0 Å². The van der Waals surface area contributed by atoms with Crippen LogP contribution >= 0.6 is 11.6 Å². The number of hydrogen-bond donors (Lipinski definition) is 1. The number of hydrogen-bond acceptors (Lipinski definition) is 7. The molecule has 0 bridgehead atoms. The summed E-state index contributed by atoms with van der Waals surface area (Å²) in [6.07, 6.45) is 3.78. The van der Waals surface area contributed by atoms with Crippen LogP contribution in [0, 0.1) is 5.82 Å². The number of likely N-dealkylation sites (tertiary alicyclic amines) is 1. The van der Waals surface area contributed by atoms with Gasteiger partial charge in [0.05, 0.1) is 17.1 Å². The summed E-state index contributed by atoms with van der Waals surface area (Å²) >= 11 is 5.86. The molecule has 0 unspecified atom stereocenters. The first-order valence-corrected chi connectivity index (χ1v) is 10.9. The molecule has 1 fully saturated rings. The summed E-state index contributed by atoms with van der Waals surface area (Å²) in [6.45, 7) is 2.87. The lowest BCUT2D eigenvalue weighted by Gasteiger charge is -2.29. The summed E-state index contributed by atoms with van der Waals surface area (Å²) in [7, 11) is 3.75. The van der Waals surface area contributed by atoms with Crippen molar-refractivity contribution >= 4 is 34.1 Å². The molecule has 0 aliphatic carbocycles. The zero-order chi connectivity index (χ0) is 22.5. The molecule has 1 aromatic heterocycles. The van der Waals surface area contributed by atoms with Gasteiger partial charge in [0.15, 0.2) is 11.5 Å². The summed E-state index contributed by atoms with van der Waals surface area (Å²) < 4.78 is 30.8. The van der Waals surface area contributed by atoms with Gasteiger partial charge in [-0.25, -0.2) is 14.4 Å². The van der Waals surface area contributed by atoms with Crippen LogP contribution in [-0.2, 0) is 4.74 Å². The number of rotatable bonds is 8. The zero-order valence-corrected chi connectivity index (χ0v) is 18.9. The van der Waals surface area contributed by atoms with E-state index in [-0.39, 0.29) is 11.1 Å². The Hall–Kier alpha value is -2.68. The lowest BCUT2D eigenvalue weighted by Crippen LogP contribution is -2.35. The van der Waals surface area contributed by atoms with Crippen LogP contribution in [-0.4, -0.2) is 61.4 Å². The number of nitrogens with zero attached hydrogens (tertiary/aromatic N) is 3. The third-order valence-corrected chi connectivity index (χ3v) is 5.61. The minimum atomic E-state index is -0.480. The number of benzene rings is 2. The molecule has 7 nitrogen and oxygen atoms in total. The molecule has 1 aliphatic heterocycles. The van der Waals surface area contributed by atoms with Gasteiger partial charge in [0.1, 0.15) is 18.5 Å². The van der Waals surface area contributed by atoms with Crippen molar-refractivity contribution in [3.05, 3.63) is 47.4 Å². The number of fused-ring (bicyclic) bond motifs is 1. The number of ether oxygens (including phenoxy) is 3. The van der Waals surface area contributed by atoms with Crippen molar-refractivity contribution in [2.45, 2.75) is 18.9 Å². The molecule has 1 saturated heterocycles. The molecule has 1 N–H and O–H groups in total. The predicted molar refractivity (Wildman–Crippen MR) is 123 cm³/mol. The van der Waals surface area contributed by atoms with Crippen molar-refractivity contribution < 1.29 is 18.6 Å². The Morgan fingerprint density at radius 1 is 1.16 bits per heavy atom. The Morgan fingerprint density at radius 2 is 1.97 bits per heavy atom. The molecule has 9 heteroatoms. The SMILES string of the molecule is COCCOc1cc2nc(Nc3ccc(F)c(Cl)c3)ncc2cc1OC1CCN(C)CC1. The normalized spacial score (nSPS) is 15.1. The van der Waals surface area contributed by atoms with E-state index in [9.17, 15) is 4.39 Å². The molecule has 1 aliphatic rings. The maximum Gasteiger partial charge on any atom is 0.227 e. The lowest BCUT2D eigenvalue weighted by atomic mass is 10.1. The number of nitrogens with one attached hydrogen (secondary N) is 1. The van der Waals surface area contributed by atoms with E-state index in [2.05, 4.69) is 27.2 Å². The number of piperidine rings is 1. The van der Waals surface area contributed by atoms with E-state index in [0.717, 1.165) is 31.3 Å². The van der Waals surface area contributed by atoms with Crippen molar-refractivity contribution in [1.29, 1.82) is 0 Å². The first kappa shape index (κ1) is 22.5. The highest BCUT2D eigenvalue weighted by atomic mass is 35.5. The van der Waals surface area contributed by atoms with Crippen molar-refractivity contribution in [1.82, 2.24) is 14.9 Å².